The molecule has 0 radical (unpaired) electrons. The van der Waals surface area contributed by atoms with Crippen LogP contribution in [0.5, 0.6) is 0 Å². The lowest BCUT2D eigenvalue weighted by atomic mass is 10.1. The van der Waals surface area contributed by atoms with Gasteiger partial charge < -0.3 is 5.32 Å². The summed E-state index contributed by atoms with van der Waals surface area (Å²) < 4.78 is 28.7. The summed E-state index contributed by atoms with van der Waals surface area (Å²) in [5.41, 5.74) is 0.425. The van der Waals surface area contributed by atoms with Crippen molar-refractivity contribution in [2.75, 3.05) is 0 Å². The molecule has 3 aromatic rings. The van der Waals surface area contributed by atoms with Crippen molar-refractivity contribution in [2.45, 2.75) is 19.5 Å². The van der Waals surface area contributed by atoms with Crippen molar-refractivity contribution >= 4 is 17.5 Å². The molecule has 0 saturated carbocycles. The van der Waals surface area contributed by atoms with E-state index in [0.717, 1.165) is 4.68 Å². The maximum Gasteiger partial charge on any atom is 0.350 e. The fraction of sp³-hybridized carbons (Fsp3) is 0.167. The van der Waals surface area contributed by atoms with Gasteiger partial charge in [0.25, 0.3) is 0 Å². The zero-order valence-electron chi connectivity index (χ0n) is 14.2. The summed E-state index contributed by atoms with van der Waals surface area (Å²) in [6.45, 7) is 1.37. The predicted octanol–water partition coefficient (Wildman–Crippen LogP) is 2.84. The number of halogens is 3. The van der Waals surface area contributed by atoms with Gasteiger partial charge in [-0.1, -0.05) is 17.7 Å². The van der Waals surface area contributed by atoms with E-state index < -0.39 is 29.3 Å². The Morgan fingerprint density at radius 3 is 2.59 bits per heavy atom. The van der Waals surface area contributed by atoms with Gasteiger partial charge in [-0.2, -0.15) is 5.10 Å². The monoisotopic (exact) mass is 392 g/mol. The molecule has 0 fully saturated rings. The third-order valence-corrected chi connectivity index (χ3v) is 4.26. The van der Waals surface area contributed by atoms with E-state index in [4.69, 9.17) is 11.6 Å². The summed E-state index contributed by atoms with van der Waals surface area (Å²) in [5.74, 6) is -1.47. The van der Waals surface area contributed by atoms with Gasteiger partial charge in [-0.25, -0.2) is 22.8 Å². The first-order valence-electron chi connectivity index (χ1n) is 8.00. The summed E-state index contributed by atoms with van der Waals surface area (Å²) in [6.07, 6.45) is 1.25. The van der Waals surface area contributed by atoms with Crippen LogP contribution < -0.4 is 11.0 Å². The van der Waals surface area contributed by atoms with Gasteiger partial charge in [0.15, 0.2) is 0 Å². The Kier molecular flexibility index (Phi) is 5.36. The van der Waals surface area contributed by atoms with Crippen LogP contribution in [0.15, 0.2) is 53.6 Å². The van der Waals surface area contributed by atoms with Gasteiger partial charge in [0, 0.05) is 0 Å². The number of carbonyl (C=O) groups excluding carboxylic acids is 1. The Bertz CT molecular complexity index is 1030. The Morgan fingerprint density at radius 1 is 1.22 bits per heavy atom. The molecular weight excluding hydrogens is 378 g/mol. The number of nitrogens with zero attached hydrogens (tertiary/aromatic N) is 3. The Balaban J connectivity index is 1.70. The molecule has 1 heterocycles. The molecule has 0 bridgehead atoms. The van der Waals surface area contributed by atoms with E-state index in [2.05, 4.69) is 10.4 Å². The summed E-state index contributed by atoms with van der Waals surface area (Å²) in [6, 6.07) is 9.06. The van der Waals surface area contributed by atoms with Crippen LogP contribution in [-0.4, -0.2) is 20.3 Å². The van der Waals surface area contributed by atoms with Crippen molar-refractivity contribution in [3.63, 3.8) is 0 Å². The first-order chi connectivity index (χ1) is 12.8. The van der Waals surface area contributed by atoms with E-state index in [1.165, 1.54) is 47.3 Å². The molecule has 0 unspecified atom stereocenters. The molecule has 1 atom stereocenters. The van der Waals surface area contributed by atoms with E-state index in [9.17, 15) is 18.4 Å². The number of rotatable bonds is 5. The van der Waals surface area contributed by atoms with Crippen molar-refractivity contribution in [3.8, 4) is 5.69 Å². The molecule has 0 aliphatic carbocycles. The number of nitrogens with one attached hydrogen (secondary N) is 1. The fourth-order valence-corrected chi connectivity index (χ4v) is 2.63. The topological polar surface area (TPSA) is 68.9 Å². The van der Waals surface area contributed by atoms with Crippen molar-refractivity contribution in [2.24, 2.45) is 0 Å². The summed E-state index contributed by atoms with van der Waals surface area (Å²) in [4.78, 5) is 24.6. The highest BCUT2D eigenvalue weighted by Crippen LogP contribution is 2.20. The maximum atomic E-state index is 13.5. The quantitative estimate of drug-likeness (QED) is 0.726. The van der Waals surface area contributed by atoms with E-state index in [1.54, 1.807) is 13.0 Å². The van der Waals surface area contributed by atoms with Crippen LogP contribution >= 0.6 is 11.6 Å². The predicted molar refractivity (Wildman–Crippen MR) is 95.7 cm³/mol. The average Bonchev–Trinajstić information content (AvgIpc) is 2.98. The van der Waals surface area contributed by atoms with Gasteiger partial charge >= 0.3 is 5.69 Å². The van der Waals surface area contributed by atoms with Crippen molar-refractivity contribution in [1.29, 1.82) is 0 Å². The number of hydrogen-bond acceptors (Lipinski definition) is 3. The molecule has 2 aromatic carbocycles. The Labute approximate surface area is 158 Å². The minimum absolute atomic E-state index is 0.00448. The third-order valence-electron chi connectivity index (χ3n) is 3.95. The molecule has 3 rings (SSSR count). The largest absolute Gasteiger partial charge is 0.350 e. The van der Waals surface area contributed by atoms with Gasteiger partial charge in [-0.3, -0.25) is 4.79 Å². The summed E-state index contributed by atoms with van der Waals surface area (Å²) in [5, 5.41) is 6.56. The summed E-state index contributed by atoms with van der Waals surface area (Å²) >= 11 is 5.65. The minimum atomic E-state index is -0.579. The van der Waals surface area contributed by atoms with Crippen molar-refractivity contribution in [3.05, 3.63) is 81.5 Å². The molecule has 140 valence electrons. The standard InChI is InChI=1S/C18H15ClF2N4O2/c1-11(12-2-7-15(19)16(21)8-12)23-17(26)9-25-18(27)24(10-22-25)14-5-3-13(20)4-6-14/h2-8,10-11H,9H2,1H3,(H,23,26)/t11-/m0/s1. The zero-order chi connectivity index (χ0) is 19.6. The second-order valence-corrected chi connectivity index (χ2v) is 6.29. The van der Waals surface area contributed by atoms with E-state index in [0.29, 0.717) is 11.3 Å². The molecule has 0 saturated heterocycles. The lowest BCUT2D eigenvalue weighted by Crippen LogP contribution is -2.34. The molecule has 1 amide bonds. The van der Waals surface area contributed by atoms with Crippen LogP contribution in [0.25, 0.3) is 5.69 Å². The number of amides is 1. The van der Waals surface area contributed by atoms with Gasteiger partial charge in [-0.05, 0) is 48.9 Å². The Morgan fingerprint density at radius 2 is 1.93 bits per heavy atom. The molecule has 1 aromatic heterocycles. The summed E-state index contributed by atoms with van der Waals surface area (Å²) in [7, 11) is 0. The van der Waals surface area contributed by atoms with Crippen LogP contribution in [0, 0.1) is 11.6 Å². The number of hydrogen-bond donors (Lipinski definition) is 1. The highest BCUT2D eigenvalue weighted by atomic mass is 35.5. The lowest BCUT2D eigenvalue weighted by molar-refractivity contribution is -0.122. The number of benzene rings is 2. The molecule has 0 aliphatic heterocycles. The van der Waals surface area contributed by atoms with Crippen LogP contribution in [0.3, 0.4) is 0 Å². The highest BCUT2D eigenvalue weighted by molar-refractivity contribution is 6.30. The van der Waals surface area contributed by atoms with Crippen LogP contribution in [0.2, 0.25) is 5.02 Å². The van der Waals surface area contributed by atoms with Crippen LogP contribution in [0.1, 0.15) is 18.5 Å². The minimum Gasteiger partial charge on any atom is -0.348 e. The first kappa shape index (κ1) is 18.8. The average molecular weight is 393 g/mol. The second-order valence-electron chi connectivity index (χ2n) is 5.88. The first-order valence-corrected chi connectivity index (χ1v) is 8.37. The van der Waals surface area contributed by atoms with Crippen molar-refractivity contribution in [1.82, 2.24) is 19.7 Å². The van der Waals surface area contributed by atoms with E-state index in [-0.39, 0.29) is 11.6 Å². The van der Waals surface area contributed by atoms with Crippen LogP contribution in [-0.2, 0) is 11.3 Å². The van der Waals surface area contributed by atoms with Gasteiger partial charge in [0.05, 0.1) is 16.8 Å². The molecule has 0 aliphatic rings. The van der Waals surface area contributed by atoms with Crippen LogP contribution in [0.4, 0.5) is 8.78 Å². The maximum absolute atomic E-state index is 13.5. The van der Waals surface area contributed by atoms with Gasteiger partial charge in [0.2, 0.25) is 5.91 Å². The van der Waals surface area contributed by atoms with Crippen molar-refractivity contribution < 1.29 is 13.6 Å². The molecule has 27 heavy (non-hydrogen) atoms. The molecule has 1 N–H and O–H groups in total. The molecule has 6 nitrogen and oxygen atoms in total. The SMILES string of the molecule is C[C@H](NC(=O)Cn1ncn(-c2ccc(F)cc2)c1=O)c1ccc(Cl)c(F)c1. The lowest BCUT2D eigenvalue weighted by Gasteiger charge is -2.14. The Hall–Kier alpha value is -3.00. The van der Waals surface area contributed by atoms with Gasteiger partial charge in [-0.15, -0.1) is 0 Å². The number of aromatic nitrogens is 3. The number of carbonyl (C=O) groups is 1. The highest BCUT2D eigenvalue weighted by Gasteiger charge is 2.15. The third kappa shape index (κ3) is 4.22. The normalized spacial score (nSPS) is 12.0. The smallest absolute Gasteiger partial charge is 0.348 e. The zero-order valence-corrected chi connectivity index (χ0v) is 15.0. The van der Waals surface area contributed by atoms with E-state index >= 15 is 0 Å². The molecule has 0 spiro atoms. The molecule has 9 heteroatoms. The molecular formula is C18H15ClF2N4O2. The fourth-order valence-electron chi connectivity index (χ4n) is 2.51. The second kappa shape index (κ2) is 7.71. The van der Waals surface area contributed by atoms with Gasteiger partial charge in [0.1, 0.15) is 24.5 Å². The van der Waals surface area contributed by atoms with E-state index in [1.807, 2.05) is 0 Å².